The summed E-state index contributed by atoms with van der Waals surface area (Å²) in [4.78, 5) is 9.18. The summed E-state index contributed by atoms with van der Waals surface area (Å²) in [6, 6.07) is 0.139. The fourth-order valence-electron chi connectivity index (χ4n) is 3.25. The van der Waals surface area contributed by atoms with Gasteiger partial charge in [-0.1, -0.05) is 13.3 Å². The standard InChI is InChI=1S/C16H27N3O/c1-4-20-16(7-5-6-12(2)9-16)15-18-10-14(11-19-15)8-13(3)17/h10-13H,4-9,17H2,1-3H3. The van der Waals surface area contributed by atoms with Crippen LogP contribution in [-0.4, -0.2) is 22.6 Å². The molecule has 2 N–H and O–H groups in total. The Bertz CT molecular complexity index is 414. The third-order valence-electron chi connectivity index (χ3n) is 4.05. The monoisotopic (exact) mass is 277 g/mol. The van der Waals surface area contributed by atoms with Gasteiger partial charge in [0.05, 0.1) is 0 Å². The number of ether oxygens (including phenoxy) is 1. The molecule has 2 rings (SSSR count). The first kappa shape index (κ1) is 15.4. The van der Waals surface area contributed by atoms with Crippen LogP contribution < -0.4 is 5.73 Å². The number of aromatic nitrogens is 2. The Hall–Kier alpha value is -1.00. The van der Waals surface area contributed by atoms with E-state index in [-0.39, 0.29) is 11.6 Å². The maximum Gasteiger partial charge on any atom is 0.160 e. The maximum atomic E-state index is 6.10. The highest BCUT2D eigenvalue weighted by Crippen LogP contribution is 2.41. The lowest BCUT2D eigenvalue weighted by Crippen LogP contribution is -2.37. The zero-order valence-electron chi connectivity index (χ0n) is 12.9. The number of hydrogen-bond acceptors (Lipinski definition) is 4. The van der Waals surface area contributed by atoms with Crippen LogP contribution in [0.3, 0.4) is 0 Å². The molecule has 0 saturated heterocycles. The average Bonchev–Trinajstić information content (AvgIpc) is 2.39. The van der Waals surface area contributed by atoms with Gasteiger partial charge in [-0.2, -0.15) is 0 Å². The SMILES string of the molecule is CCOC1(c2ncc(CC(C)N)cn2)CCCC(C)C1. The van der Waals surface area contributed by atoms with E-state index in [1.807, 2.05) is 26.2 Å². The van der Waals surface area contributed by atoms with Crippen LogP contribution in [-0.2, 0) is 16.8 Å². The molecular weight excluding hydrogens is 250 g/mol. The third-order valence-corrected chi connectivity index (χ3v) is 4.05. The number of nitrogens with zero attached hydrogens (tertiary/aromatic N) is 2. The van der Waals surface area contributed by atoms with Crippen LogP contribution in [0.2, 0.25) is 0 Å². The molecule has 4 heteroatoms. The van der Waals surface area contributed by atoms with Crippen molar-refractivity contribution in [3.63, 3.8) is 0 Å². The van der Waals surface area contributed by atoms with Gasteiger partial charge in [0, 0.05) is 25.0 Å². The maximum absolute atomic E-state index is 6.10. The number of rotatable bonds is 5. The average molecular weight is 277 g/mol. The van der Waals surface area contributed by atoms with Crippen LogP contribution in [0.25, 0.3) is 0 Å². The Kier molecular flexibility index (Phi) is 5.11. The molecule has 0 amide bonds. The first-order valence-electron chi connectivity index (χ1n) is 7.76. The molecule has 0 spiro atoms. The highest BCUT2D eigenvalue weighted by Gasteiger charge is 2.39. The molecule has 3 atom stereocenters. The third kappa shape index (κ3) is 3.55. The minimum absolute atomic E-state index is 0.139. The Morgan fingerprint density at radius 3 is 2.70 bits per heavy atom. The highest BCUT2D eigenvalue weighted by atomic mass is 16.5. The van der Waals surface area contributed by atoms with Gasteiger partial charge >= 0.3 is 0 Å². The molecule has 1 aliphatic rings. The van der Waals surface area contributed by atoms with Crippen LogP contribution in [0.5, 0.6) is 0 Å². The topological polar surface area (TPSA) is 61.0 Å². The summed E-state index contributed by atoms with van der Waals surface area (Å²) in [6.07, 6.45) is 9.14. The lowest BCUT2D eigenvalue weighted by molar-refractivity contribution is -0.0881. The van der Waals surface area contributed by atoms with Gasteiger partial charge in [0.2, 0.25) is 0 Å². The molecule has 3 unspecified atom stereocenters. The fraction of sp³-hybridized carbons (Fsp3) is 0.750. The first-order chi connectivity index (χ1) is 9.55. The summed E-state index contributed by atoms with van der Waals surface area (Å²) in [5.41, 5.74) is 6.63. The summed E-state index contributed by atoms with van der Waals surface area (Å²) in [5, 5.41) is 0. The lowest BCUT2D eigenvalue weighted by Gasteiger charge is -2.38. The molecule has 1 aromatic heterocycles. The second-order valence-electron chi connectivity index (χ2n) is 6.23. The first-order valence-corrected chi connectivity index (χ1v) is 7.76. The molecule has 4 nitrogen and oxygen atoms in total. The van der Waals surface area contributed by atoms with Crippen LogP contribution in [0.4, 0.5) is 0 Å². The smallest absolute Gasteiger partial charge is 0.160 e. The van der Waals surface area contributed by atoms with Crippen molar-refractivity contribution in [2.45, 2.75) is 64.5 Å². The van der Waals surface area contributed by atoms with E-state index in [2.05, 4.69) is 16.9 Å². The van der Waals surface area contributed by atoms with Gasteiger partial charge in [-0.25, -0.2) is 9.97 Å². The zero-order chi connectivity index (χ0) is 14.6. The van der Waals surface area contributed by atoms with Crippen molar-refractivity contribution in [1.29, 1.82) is 0 Å². The van der Waals surface area contributed by atoms with E-state index in [0.29, 0.717) is 12.5 Å². The minimum Gasteiger partial charge on any atom is -0.367 e. The van der Waals surface area contributed by atoms with E-state index < -0.39 is 0 Å². The van der Waals surface area contributed by atoms with Gasteiger partial charge in [-0.15, -0.1) is 0 Å². The van der Waals surface area contributed by atoms with Crippen molar-refractivity contribution >= 4 is 0 Å². The van der Waals surface area contributed by atoms with E-state index >= 15 is 0 Å². The van der Waals surface area contributed by atoms with Crippen LogP contribution in [0.15, 0.2) is 12.4 Å². The molecule has 0 bridgehead atoms. The van der Waals surface area contributed by atoms with E-state index in [1.165, 1.54) is 12.8 Å². The molecule has 1 aliphatic carbocycles. The summed E-state index contributed by atoms with van der Waals surface area (Å²) < 4.78 is 6.10. The fourth-order valence-corrected chi connectivity index (χ4v) is 3.25. The van der Waals surface area contributed by atoms with Gasteiger partial charge in [0.1, 0.15) is 5.60 Å². The Morgan fingerprint density at radius 1 is 1.45 bits per heavy atom. The summed E-state index contributed by atoms with van der Waals surface area (Å²) >= 11 is 0. The van der Waals surface area contributed by atoms with Gasteiger partial charge in [0.15, 0.2) is 5.82 Å². The van der Waals surface area contributed by atoms with E-state index in [9.17, 15) is 0 Å². The number of hydrogen-bond donors (Lipinski definition) is 1. The van der Waals surface area contributed by atoms with Crippen molar-refractivity contribution in [2.24, 2.45) is 11.7 Å². The van der Waals surface area contributed by atoms with Crippen LogP contribution in [0, 0.1) is 5.92 Å². The Morgan fingerprint density at radius 2 is 2.15 bits per heavy atom. The van der Waals surface area contributed by atoms with Crippen molar-refractivity contribution in [2.75, 3.05) is 6.61 Å². The predicted octanol–water partition coefficient (Wildman–Crippen LogP) is 2.81. The number of nitrogens with two attached hydrogens (primary N) is 1. The highest BCUT2D eigenvalue weighted by molar-refractivity contribution is 5.12. The van der Waals surface area contributed by atoms with Gasteiger partial charge in [0.25, 0.3) is 0 Å². The molecule has 1 saturated carbocycles. The summed E-state index contributed by atoms with van der Waals surface area (Å²) in [7, 11) is 0. The Labute approximate surface area is 122 Å². The lowest BCUT2D eigenvalue weighted by atomic mass is 9.78. The molecule has 20 heavy (non-hydrogen) atoms. The summed E-state index contributed by atoms with van der Waals surface area (Å²) in [5.74, 6) is 1.52. The molecule has 0 aromatic carbocycles. The van der Waals surface area contributed by atoms with Gasteiger partial charge < -0.3 is 10.5 Å². The van der Waals surface area contributed by atoms with E-state index in [1.54, 1.807) is 0 Å². The largest absolute Gasteiger partial charge is 0.367 e. The van der Waals surface area contributed by atoms with Crippen molar-refractivity contribution in [3.05, 3.63) is 23.8 Å². The van der Waals surface area contributed by atoms with Gasteiger partial charge in [-0.05, 0) is 51.0 Å². The van der Waals surface area contributed by atoms with E-state index in [0.717, 1.165) is 30.7 Å². The molecule has 1 fully saturated rings. The van der Waals surface area contributed by atoms with Crippen molar-refractivity contribution < 1.29 is 4.74 Å². The Balaban J connectivity index is 2.20. The van der Waals surface area contributed by atoms with Crippen molar-refractivity contribution in [1.82, 2.24) is 9.97 Å². The molecule has 0 aliphatic heterocycles. The predicted molar refractivity (Wildman–Crippen MR) is 80.3 cm³/mol. The zero-order valence-corrected chi connectivity index (χ0v) is 12.9. The molecule has 1 heterocycles. The van der Waals surface area contributed by atoms with Crippen LogP contribution >= 0.6 is 0 Å². The van der Waals surface area contributed by atoms with E-state index in [4.69, 9.17) is 10.5 Å². The molecule has 112 valence electrons. The van der Waals surface area contributed by atoms with Gasteiger partial charge in [-0.3, -0.25) is 0 Å². The second-order valence-corrected chi connectivity index (χ2v) is 6.23. The second kappa shape index (κ2) is 6.64. The molecule has 0 radical (unpaired) electrons. The molecule has 1 aromatic rings. The normalized spacial score (nSPS) is 28.3. The summed E-state index contributed by atoms with van der Waals surface area (Å²) in [6.45, 7) is 7.04. The molecular formula is C16H27N3O. The quantitative estimate of drug-likeness (QED) is 0.899. The van der Waals surface area contributed by atoms with Crippen LogP contribution in [0.1, 0.15) is 57.8 Å². The van der Waals surface area contributed by atoms with Crippen molar-refractivity contribution in [3.8, 4) is 0 Å². The minimum atomic E-state index is -0.278.